The van der Waals surface area contributed by atoms with Crippen LogP contribution >= 0.6 is 0 Å². The zero-order valence-corrected chi connectivity index (χ0v) is 11.6. The molecule has 1 saturated heterocycles. The maximum atomic E-state index is 5.64. The Labute approximate surface area is 114 Å². The van der Waals surface area contributed by atoms with Gasteiger partial charge in [-0.3, -0.25) is 0 Å². The molecular weight excluding hydrogens is 242 g/mol. The zero-order chi connectivity index (χ0) is 13.3. The minimum absolute atomic E-state index is 0.0628. The van der Waals surface area contributed by atoms with Gasteiger partial charge in [-0.2, -0.15) is 0 Å². The van der Waals surface area contributed by atoms with Crippen LogP contribution < -0.4 is 14.8 Å². The van der Waals surface area contributed by atoms with Crippen molar-refractivity contribution in [1.29, 1.82) is 0 Å². The third-order valence-electron chi connectivity index (χ3n) is 4.19. The molecule has 4 nitrogen and oxygen atoms in total. The normalized spacial score (nSPS) is 29.5. The van der Waals surface area contributed by atoms with Crippen LogP contribution in [0, 0.1) is 0 Å². The van der Waals surface area contributed by atoms with Crippen LogP contribution in [0.4, 0.5) is 0 Å². The highest BCUT2D eigenvalue weighted by atomic mass is 16.6. The van der Waals surface area contributed by atoms with Gasteiger partial charge in [0.25, 0.3) is 0 Å². The van der Waals surface area contributed by atoms with Crippen molar-refractivity contribution in [3.8, 4) is 11.5 Å². The van der Waals surface area contributed by atoms with Gasteiger partial charge in [0.05, 0.1) is 6.10 Å². The summed E-state index contributed by atoms with van der Waals surface area (Å²) >= 11 is 0. The molecule has 0 radical (unpaired) electrons. The van der Waals surface area contributed by atoms with E-state index in [2.05, 4.69) is 31.3 Å². The van der Waals surface area contributed by atoms with Crippen molar-refractivity contribution in [3.63, 3.8) is 0 Å². The molecule has 1 aromatic carbocycles. The van der Waals surface area contributed by atoms with Gasteiger partial charge in [0.2, 0.25) is 0 Å². The van der Waals surface area contributed by atoms with Crippen molar-refractivity contribution in [3.05, 3.63) is 23.8 Å². The molecule has 1 fully saturated rings. The molecule has 0 spiro atoms. The molecule has 0 saturated carbocycles. The molecule has 0 bridgehead atoms. The van der Waals surface area contributed by atoms with Crippen LogP contribution in [-0.4, -0.2) is 31.5 Å². The molecule has 19 heavy (non-hydrogen) atoms. The van der Waals surface area contributed by atoms with E-state index >= 15 is 0 Å². The van der Waals surface area contributed by atoms with Crippen LogP contribution in [0.2, 0.25) is 0 Å². The number of ether oxygens (including phenoxy) is 3. The van der Waals surface area contributed by atoms with Crippen molar-refractivity contribution < 1.29 is 14.2 Å². The Bertz CT molecular complexity index is 463. The predicted molar refractivity (Wildman–Crippen MR) is 72.7 cm³/mol. The minimum Gasteiger partial charge on any atom is -0.486 e. The Balaban J connectivity index is 1.67. The topological polar surface area (TPSA) is 39.7 Å². The predicted octanol–water partition coefficient (Wildman–Crippen LogP) is 2.11. The van der Waals surface area contributed by atoms with Gasteiger partial charge in [-0.1, -0.05) is 6.07 Å². The number of benzene rings is 1. The van der Waals surface area contributed by atoms with Crippen molar-refractivity contribution in [2.24, 2.45) is 0 Å². The Morgan fingerprint density at radius 3 is 2.74 bits per heavy atom. The highest BCUT2D eigenvalue weighted by Crippen LogP contribution is 2.31. The monoisotopic (exact) mass is 263 g/mol. The molecule has 0 aromatic heterocycles. The zero-order valence-electron chi connectivity index (χ0n) is 11.6. The van der Waals surface area contributed by atoms with E-state index in [1.54, 1.807) is 0 Å². The van der Waals surface area contributed by atoms with Crippen molar-refractivity contribution in [2.75, 3.05) is 19.8 Å². The van der Waals surface area contributed by atoms with Crippen LogP contribution in [0.15, 0.2) is 18.2 Å². The summed E-state index contributed by atoms with van der Waals surface area (Å²) < 4.78 is 16.8. The lowest BCUT2D eigenvalue weighted by molar-refractivity contribution is 0.0881. The summed E-state index contributed by atoms with van der Waals surface area (Å²) in [7, 11) is 0. The number of hydrogen-bond acceptors (Lipinski definition) is 4. The molecule has 2 atom stereocenters. The highest BCUT2D eigenvalue weighted by molar-refractivity contribution is 5.43. The van der Waals surface area contributed by atoms with Crippen molar-refractivity contribution in [1.82, 2.24) is 5.32 Å². The first kappa shape index (κ1) is 12.8. The van der Waals surface area contributed by atoms with E-state index in [0.29, 0.717) is 13.2 Å². The summed E-state index contributed by atoms with van der Waals surface area (Å²) in [6.07, 6.45) is 1.31. The maximum Gasteiger partial charge on any atom is 0.161 e. The summed E-state index contributed by atoms with van der Waals surface area (Å²) in [4.78, 5) is 0. The fourth-order valence-corrected chi connectivity index (χ4v) is 2.57. The standard InChI is InChI=1S/C15H21NO3/c1-11-15(2,5-6-17-11)16-10-12-3-4-13-14(9-12)19-8-7-18-13/h3-4,9,11,16H,5-8,10H2,1-2H3. The van der Waals surface area contributed by atoms with E-state index in [-0.39, 0.29) is 11.6 Å². The second-order valence-electron chi connectivity index (χ2n) is 5.51. The number of hydrogen-bond donors (Lipinski definition) is 1. The Hall–Kier alpha value is -1.26. The van der Waals surface area contributed by atoms with Crippen LogP contribution in [-0.2, 0) is 11.3 Å². The molecule has 2 aliphatic rings. The first-order chi connectivity index (χ1) is 9.17. The van der Waals surface area contributed by atoms with Gasteiger partial charge in [0.1, 0.15) is 13.2 Å². The third-order valence-corrected chi connectivity index (χ3v) is 4.19. The quantitative estimate of drug-likeness (QED) is 0.906. The maximum absolute atomic E-state index is 5.64. The van der Waals surface area contributed by atoms with Crippen LogP contribution in [0.5, 0.6) is 11.5 Å². The van der Waals surface area contributed by atoms with E-state index in [4.69, 9.17) is 14.2 Å². The van der Waals surface area contributed by atoms with Gasteiger partial charge >= 0.3 is 0 Å². The molecule has 4 heteroatoms. The van der Waals surface area contributed by atoms with Gasteiger partial charge in [0.15, 0.2) is 11.5 Å². The van der Waals surface area contributed by atoms with E-state index in [1.165, 1.54) is 5.56 Å². The first-order valence-corrected chi connectivity index (χ1v) is 6.92. The molecule has 2 heterocycles. The van der Waals surface area contributed by atoms with E-state index in [9.17, 15) is 0 Å². The van der Waals surface area contributed by atoms with E-state index in [0.717, 1.165) is 31.1 Å². The second-order valence-corrected chi connectivity index (χ2v) is 5.51. The fraction of sp³-hybridized carbons (Fsp3) is 0.600. The summed E-state index contributed by atoms with van der Waals surface area (Å²) in [6, 6.07) is 6.14. The fourth-order valence-electron chi connectivity index (χ4n) is 2.57. The summed E-state index contributed by atoms with van der Waals surface area (Å²) in [6.45, 7) is 7.28. The Morgan fingerprint density at radius 2 is 2.00 bits per heavy atom. The van der Waals surface area contributed by atoms with Gasteiger partial charge in [-0.15, -0.1) is 0 Å². The first-order valence-electron chi connectivity index (χ1n) is 6.92. The average Bonchev–Trinajstić information content (AvgIpc) is 2.77. The average molecular weight is 263 g/mol. The van der Waals surface area contributed by atoms with Gasteiger partial charge < -0.3 is 19.5 Å². The molecule has 3 rings (SSSR count). The summed E-state index contributed by atoms with van der Waals surface area (Å²) in [5.41, 5.74) is 1.28. The van der Waals surface area contributed by atoms with Gasteiger partial charge in [0, 0.05) is 18.7 Å². The SMILES string of the molecule is CC1OCCC1(C)NCc1ccc2c(c1)OCCO2. The van der Waals surface area contributed by atoms with Gasteiger partial charge in [-0.25, -0.2) is 0 Å². The van der Waals surface area contributed by atoms with Crippen molar-refractivity contribution in [2.45, 2.75) is 38.5 Å². The molecule has 1 N–H and O–H groups in total. The minimum atomic E-state index is 0.0628. The highest BCUT2D eigenvalue weighted by Gasteiger charge is 2.36. The lowest BCUT2D eigenvalue weighted by Crippen LogP contribution is -2.47. The van der Waals surface area contributed by atoms with Crippen molar-refractivity contribution >= 4 is 0 Å². The number of fused-ring (bicyclic) bond motifs is 1. The second kappa shape index (κ2) is 5.02. The van der Waals surface area contributed by atoms with E-state index < -0.39 is 0 Å². The molecule has 1 aromatic rings. The van der Waals surface area contributed by atoms with E-state index in [1.807, 2.05) is 6.07 Å². The Kier molecular flexibility index (Phi) is 3.37. The van der Waals surface area contributed by atoms with Crippen LogP contribution in [0.1, 0.15) is 25.8 Å². The molecule has 2 aliphatic heterocycles. The van der Waals surface area contributed by atoms with Gasteiger partial charge in [-0.05, 0) is 38.0 Å². The third kappa shape index (κ3) is 2.55. The number of rotatable bonds is 3. The van der Waals surface area contributed by atoms with Crippen LogP contribution in [0.3, 0.4) is 0 Å². The Morgan fingerprint density at radius 1 is 1.21 bits per heavy atom. The summed E-state index contributed by atoms with van der Waals surface area (Å²) in [5.74, 6) is 1.70. The smallest absolute Gasteiger partial charge is 0.161 e. The molecule has 104 valence electrons. The molecule has 2 unspecified atom stereocenters. The lowest BCUT2D eigenvalue weighted by atomic mass is 9.94. The summed E-state index contributed by atoms with van der Waals surface area (Å²) in [5, 5.41) is 3.61. The molecule has 0 aliphatic carbocycles. The molecular formula is C15H21NO3. The van der Waals surface area contributed by atoms with Crippen LogP contribution in [0.25, 0.3) is 0 Å². The lowest BCUT2D eigenvalue weighted by Gasteiger charge is -2.29. The number of nitrogens with one attached hydrogen (secondary N) is 1. The molecule has 0 amide bonds. The largest absolute Gasteiger partial charge is 0.486 e.